The van der Waals surface area contributed by atoms with Gasteiger partial charge in [-0.1, -0.05) is 0 Å². The van der Waals surface area contributed by atoms with Crippen LogP contribution in [0, 0.1) is 12.8 Å². The molecule has 0 saturated carbocycles. The Hall–Kier alpha value is -2.28. The van der Waals surface area contributed by atoms with E-state index in [0.717, 1.165) is 31.0 Å². The van der Waals surface area contributed by atoms with Crippen molar-refractivity contribution >= 4 is 11.9 Å². The first-order valence-electron chi connectivity index (χ1n) is 8.37. The molecule has 4 rings (SSSR count). The minimum absolute atomic E-state index is 0.441. The van der Waals surface area contributed by atoms with Gasteiger partial charge in [0, 0.05) is 51.3 Å². The van der Waals surface area contributed by atoms with Crippen molar-refractivity contribution in [3.05, 3.63) is 35.4 Å². The highest BCUT2D eigenvalue weighted by Crippen LogP contribution is 2.42. The summed E-state index contributed by atoms with van der Waals surface area (Å²) >= 11 is 0. The Labute approximate surface area is 141 Å². The Bertz CT molecular complexity index is 720. The normalized spacial score (nSPS) is 21.7. The lowest BCUT2D eigenvalue weighted by Gasteiger charge is -2.17. The topological polar surface area (TPSA) is 76.1 Å². The second kappa shape index (κ2) is 6.32. The molecular weight excluding hydrogens is 304 g/mol. The van der Waals surface area contributed by atoms with Crippen LogP contribution < -0.4 is 10.2 Å². The zero-order chi connectivity index (χ0) is 16.5. The van der Waals surface area contributed by atoms with Gasteiger partial charge in [-0.05, 0) is 30.4 Å². The number of nitrogens with one attached hydrogen (secondary N) is 1. The van der Waals surface area contributed by atoms with Gasteiger partial charge < -0.3 is 15.0 Å². The molecule has 0 bridgehead atoms. The fourth-order valence-electron chi connectivity index (χ4n) is 3.63. The lowest BCUT2D eigenvalue weighted by atomic mass is 9.99. The number of aryl methyl sites for hydroxylation is 1. The van der Waals surface area contributed by atoms with Gasteiger partial charge in [0.15, 0.2) is 0 Å². The van der Waals surface area contributed by atoms with Crippen LogP contribution in [0.4, 0.5) is 11.9 Å². The van der Waals surface area contributed by atoms with Gasteiger partial charge in [0.05, 0.1) is 12.3 Å². The van der Waals surface area contributed by atoms with Crippen LogP contribution in [0.1, 0.15) is 22.7 Å². The first kappa shape index (κ1) is 15.3. The first-order chi connectivity index (χ1) is 11.7. The molecule has 1 aliphatic carbocycles. The number of rotatable bonds is 5. The fraction of sp³-hybridized carbons (Fsp3) is 0.529. The van der Waals surface area contributed by atoms with Crippen LogP contribution in [0.15, 0.2) is 18.6 Å². The highest BCUT2D eigenvalue weighted by Gasteiger charge is 2.42. The standard InChI is InChI=1S/C17H22N6O/c1-11-6-20-17(21-7-11)23-9-13-5-12-8-19-16(18-3-4-24-2)22-15(12)14(13)10-23/h6-8,13-14H,3-5,9-10H2,1-2H3,(H,18,19,22). The van der Waals surface area contributed by atoms with Gasteiger partial charge in [-0.2, -0.15) is 0 Å². The Morgan fingerprint density at radius 3 is 2.83 bits per heavy atom. The summed E-state index contributed by atoms with van der Waals surface area (Å²) in [4.78, 5) is 20.4. The molecule has 3 heterocycles. The zero-order valence-electron chi connectivity index (χ0n) is 14.1. The summed E-state index contributed by atoms with van der Waals surface area (Å²) < 4.78 is 5.06. The monoisotopic (exact) mass is 326 g/mol. The third-order valence-corrected chi connectivity index (χ3v) is 4.81. The Balaban J connectivity index is 1.50. The van der Waals surface area contributed by atoms with Gasteiger partial charge >= 0.3 is 0 Å². The summed E-state index contributed by atoms with van der Waals surface area (Å²) in [5, 5.41) is 3.22. The SMILES string of the molecule is COCCNc1ncc2c(n1)C1CN(c3ncc(C)cn3)CC1C2. The molecule has 1 aliphatic heterocycles. The number of aromatic nitrogens is 4. The van der Waals surface area contributed by atoms with Gasteiger partial charge in [-0.3, -0.25) is 0 Å². The van der Waals surface area contributed by atoms with Gasteiger partial charge in [-0.15, -0.1) is 0 Å². The van der Waals surface area contributed by atoms with Crippen LogP contribution in [-0.2, 0) is 11.2 Å². The lowest BCUT2D eigenvalue weighted by molar-refractivity contribution is 0.210. The molecule has 1 saturated heterocycles. The highest BCUT2D eigenvalue weighted by atomic mass is 16.5. The number of anilines is 2. The summed E-state index contributed by atoms with van der Waals surface area (Å²) in [6.07, 6.45) is 6.78. The van der Waals surface area contributed by atoms with Crippen molar-refractivity contribution in [2.75, 3.05) is 43.6 Å². The maximum atomic E-state index is 5.06. The number of ether oxygens (including phenoxy) is 1. The van der Waals surface area contributed by atoms with Crippen molar-refractivity contribution in [2.45, 2.75) is 19.3 Å². The van der Waals surface area contributed by atoms with Gasteiger partial charge in [0.25, 0.3) is 0 Å². The molecule has 126 valence electrons. The van der Waals surface area contributed by atoms with Crippen LogP contribution in [0.5, 0.6) is 0 Å². The average molecular weight is 326 g/mol. The molecule has 0 radical (unpaired) electrons. The average Bonchev–Trinajstić information content (AvgIpc) is 3.14. The molecule has 2 aromatic rings. The van der Waals surface area contributed by atoms with Gasteiger partial charge in [-0.25, -0.2) is 19.9 Å². The minimum Gasteiger partial charge on any atom is -0.383 e. The second-order valence-electron chi connectivity index (χ2n) is 6.56. The van der Waals surface area contributed by atoms with Crippen molar-refractivity contribution in [3.63, 3.8) is 0 Å². The molecule has 24 heavy (non-hydrogen) atoms. The van der Waals surface area contributed by atoms with Crippen LogP contribution in [0.3, 0.4) is 0 Å². The van der Waals surface area contributed by atoms with Crippen LogP contribution >= 0.6 is 0 Å². The molecular formula is C17H22N6O. The summed E-state index contributed by atoms with van der Waals surface area (Å²) in [6, 6.07) is 0. The van der Waals surface area contributed by atoms with Gasteiger partial charge in [0.1, 0.15) is 0 Å². The van der Waals surface area contributed by atoms with Crippen molar-refractivity contribution in [1.29, 1.82) is 0 Å². The number of hydrogen-bond acceptors (Lipinski definition) is 7. The van der Waals surface area contributed by atoms with E-state index in [4.69, 9.17) is 9.72 Å². The molecule has 2 unspecified atom stereocenters. The molecule has 7 nitrogen and oxygen atoms in total. The maximum absolute atomic E-state index is 5.06. The molecule has 1 fully saturated rings. The molecule has 1 N–H and O–H groups in total. The van der Waals surface area contributed by atoms with Crippen LogP contribution in [0.25, 0.3) is 0 Å². The van der Waals surface area contributed by atoms with Crippen LogP contribution in [-0.4, -0.2) is 53.3 Å². The molecule has 0 aromatic carbocycles. The summed E-state index contributed by atoms with van der Waals surface area (Å²) in [6.45, 7) is 5.28. The van der Waals surface area contributed by atoms with E-state index in [1.165, 1.54) is 11.3 Å². The molecule has 7 heteroatoms. The summed E-state index contributed by atoms with van der Waals surface area (Å²) in [5.74, 6) is 2.53. The quantitative estimate of drug-likeness (QED) is 0.833. The maximum Gasteiger partial charge on any atom is 0.225 e. The van der Waals surface area contributed by atoms with Gasteiger partial charge in [0.2, 0.25) is 11.9 Å². The van der Waals surface area contributed by atoms with E-state index in [1.54, 1.807) is 7.11 Å². The number of fused-ring (bicyclic) bond motifs is 3. The lowest BCUT2D eigenvalue weighted by Crippen LogP contribution is -2.23. The zero-order valence-corrected chi connectivity index (χ0v) is 14.1. The Morgan fingerprint density at radius 1 is 1.21 bits per heavy atom. The Morgan fingerprint density at radius 2 is 2.04 bits per heavy atom. The van der Waals surface area contributed by atoms with Crippen molar-refractivity contribution in [3.8, 4) is 0 Å². The molecule has 2 aromatic heterocycles. The molecule has 2 aliphatic rings. The third-order valence-electron chi connectivity index (χ3n) is 4.81. The van der Waals surface area contributed by atoms with E-state index in [1.807, 2.05) is 25.5 Å². The highest BCUT2D eigenvalue weighted by molar-refractivity contribution is 5.42. The van der Waals surface area contributed by atoms with Crippen molar-refractivity contribution in [2.24, 2.45) is 5.92 Å². The van der Waals surface area contributed by atoms with Crippen molar-refractivity contribution < 1.29 is 4.74 Å². The van der Waals surface area contributed by atoms with E-state index in [0.29, 0.717) is 30.9 Å². The first-order valence-corrected chi connectivity index (χ1v) is 8.37. The predicted molar refractivity (Wildman–Crippen MR) is 91.3 cm³/mol. The second-order valence-corrected chi connectivity index (χ2v) is 6.56. The van der Waals surface area contributed by atoms with E-state index < -0.39 is 0 Å². The smallest absolute Gasteiger partial charge is 0.225 e. The van der Waals surface area contributed by atoms with E-state index in [9.17, 15) is 0 Å². The molecule has 0 amide bonds. The van der Waals surface area contributed by atoms with Crippen LogP contribution in [0.2, 0.25) is 0 Å². The number of nitrogens with zero attached hydrogens (tertiary/aromatic N) is 5. The predicted octanol–water partition coefficient (Wildman–Crippen LogP) is 1.41. The Kier molecular flexibility index (Phi) is 4.02. The van der Waals surface area contributed by atoms with E-state index in [2.05, 4.69) is 25.2 Å². The largest absolute Gasteiger partial charge is 0.383 e. The van der Waals surface area contributed by atoms with E-state index >= 15 is 0 Å². The molecule has 2 atom stereocenters. The number of methoxy groups -OCH3 is 1. The van der Waals surface area contributed by atoms with Crippen molar-refractivity contribution in [1.82, 2.24) is 19.9 Å². The number of hydrogen-bond donors (Lipinski definition) is 1. The summed E-state index contributed by atoms with van der Waals surface area (Å²) in [7, 11) is 1.69. The fourth-order valence-corrected chi connectivity index (χ4v) is 3.63. The minimum atomic E-state index is 0.441. The molecule has 0 spiro atoms. The third kappa shape index (κ3) is 2.80. The van der Waals surface area contributed by atoms with E-state index in [-0.39, 0.29) is 0 Å². The summed E-state index contributed by atoms with van der Waals surface area (Å²) in [5.41, 5.74) is 3.55.